The number of rotatable bonds is 6. The van der Waals surface area contributed by atoms with Crippen molar-refractivity contribution in [3.63, 3.8) is 0 Å². The van der Waals surface area contributed by atoms with E-state index in [9.17, 15) is 14.4 Å². The first-order valence-corrected chi connectivity index (χ1v) is 10.9. The lowest BCUT2D eigenvalue weighted by atomic mass is 9.53. The molecule has 0 spiro atoms. The molecular weight excluding hydrogens is 342 g/mol. The Bertz CT molecular complexity index is 622. The van der Waals surface area contributed by atoms with E-state index in [2.05, 4.69) is 10.6 Å². The van der Waals surface area contributed by atoms with Gasteiger partial charge in [0.15, 0.2) is 0 Å². The van der Waals surface area contributed by atoms with Crippen molar-refractivity contribution in [1.29, 1.82) is 0 Å². The number of nitrogens with zero attached hydrogens (tertiary/aromatic N) is 1. The van der Waals surface area contributed by atoms with Crippen molar-refractivity contribution in [2.75, 3.05) is 13.1 Å². The summed E-state index contributed by atoms with van der Waals surface area (Å²) in [6.45, 7) is 1.25. The molecule has 1 unspecified atom stereocenters. The number of carbonyl (C=O) groups excluding carboxylic acids is 3. The summed E-state index contributed by atoms with van der Waals surface area (Å²) in [5.41, 5.74) is -0.0330. The first-order valence-electron chi connectivity index (χ1n) is 10.9. The third kappa shape index (κ3) is 3.59. The minimum Gasteiger partial charge on any atom is -0.355 e. The van der Waals surface area contributed by atoms with Gasteiger partial charge in [0.2, 0.25) is 17.7 Å². The molecule has 6 heteroatoms. The summed E-state index contributed by atoms with van der Waals surface area (Å²) in [7, 11) is 0. The summed E-state index contributed by atoms with van der Waals surface area (Å²) in [5.74, 6) is 2.40. The van der Waals surface area contributed by atoms with Crippen molar-refractivity contribution in [3.05, 3.63) is 0 Å². The number of nitrogens with one attached hydrogen (secondary N) is 2. The summed E-state index contributed by atoms with van der Waals surface area (Å²) in [6, 6.07) is 0.448. The molecule has 6 fully saturated rings. The molecule has 6 rings (SSSR count). The van der Waals surface area contributed by atoms with Crippen LogP contribution in [0.15, 0.2) is 0 Å². The normalized spacial score (nSPS) is 39.7. The molecule has 5 aliphatic carbocycles. The minimum atomic E-state index is -0.213. The van der Waals surface area contributed by atoms with Crippen LogP contribution in [-0.4, -0.2) is 47.3 Å². The highest BCUT2D eigenvalue weighted by molar-refractivity contribution is 5.97. The van der Waals surface area contributed by atoms with E-state index >= 15 is 0 Å². The molecule has 0 aromatic carbocycles. The van der Waals surface area contributed by atoms with Crippen LogP contribution < -0.4 is 10.6 Å². The molecule has 3 amide bonds. The molecule has 1 aliphatic heterocycles. The van der Waals surface area contributed by atoms with Gasteiger partial charge in [-0.25, -0.2) is 0 Å². The molecule has 0 aromatic heterocycles. The Morgan fingerprint density at radius 3 is 2.22 bits per heavy atom. The molecule has 27 heavy (non-hydrogen) atoms. The summed E-state index contributed by atoms with van der Waals surface area (Å²) < 4.78 is 0. The molecule has 6 nitrogen and oxygen atoms in total. The van der Waals surface area contributed by atoms with E-state index in [-0.39, 0.29) is 35.6 Å². The highest BCUT2D eigenvalue weighted by Crippen LogP contribution is 2.55. The lowest BCUT2D eigenvalue weighted by Gasteiger charge is -2.56. The van der Waals surface area contributed by atoms with Gasteiger partial charge in [-0.05, 0) is 69.1 Å². The molecule has 1 saturated heterocycles. The molecule has 1 atom stereocenters. The zero-order valence-electron chi connectivity index (χ0n) is 16.0. The van der Waals surface area contributed by atoms with E-state index in [0.717, 1.165) is 56.4 Å². The number of hydrogen-bond donors (Lipinski definition) is 2. The predicted octanol–water partition coefficient (Wildman–Crippen LogP) is 1.59. The van der Waals surface area contributed by atoms with Crippen LogP contribution in [-0.2, 0) is 14.4 Å². The van der Waals surface area contributed by atoms with Gasteiger partial charge in [-0.1, -0.05) is 0 Å². The van der Waals surface area contributed by atoms with Crippen molar-refractivity contribution in [3.8, 4) is 0 Å². The summed E-state index contributed by atoms with van der Waals surface area (Å²) in [5, 5.41) is 6.14. The molecule has 148 valence electrons. The van der Waals surface area contributed by atoms with E-state index in [0.29, 0.717) is 19.0 Å². The van der Waals surface area contributed by atoms with Gasteiger partial charge in [0.05, 0.1) is 0 Å². The third-order valence-corrected chi connectivity index (χ3v) is 7.58. The van der Waals surface area contributed by atoms with Gasteiger partial charge in [-0.3, -0.25) is 14.4 Å². The topological polar surface area (TPSA) is 78.5 Å². The van der Waals surface area contributed by atoms with Crippen molar-refractivity contribution in [2.24, 2.45) is 23.7 Å². The monoisotopic (exact) mass is 373 g/mol. The van der Waals surface area contributed by atoms with Crippen molar-refractivity contribution in [2.45, 2.75) is 75.8 Å². The van der Waals surface area contributed by atoms with Gasteiger partial charge >= 0.3 is 0 Å². The van der Waals surface area contributed by atoms with Crippen molar-refractivity contribution in [1.82, 2.24) is 15.5 Å². The summed E-state index contributed by atoms with van der Waals surface area (Å²) in [6.07, 6.45) is 10.0. The maximum atomic E-state index is 12.5. The highest BCUT2D eigenvalue weighted by Gasteiger charge is 2.51. The molecule has 1 heterocycles. The molecule has 0 aromatic rings. The smallest absolute Gasteiger partial charge is 0.229 e. The number of amides is 3. The molecule has 5 saturated carbocycles. The van der Waals surface area contributed by atoms with E-state index < -0.39 is 0 Å². The Morgan fingerprint density at radius 2 is 1.63 bits per heavy atom. The maximum Gasteiger partial charge on any atom is 0.229 e. The van der Waals surface area contributed by atoms with Crippen LogP contribution in [0.2, 0.25) is 0 Å². The largest absolute Gasteiger partial charge is 0.355 e. The minimum absolute atomic E-state index is 0.0330. The van der Waals surface area contributed by atoms with Crippen LogP contribution in [0.3, 0.4) is 0 Å². The van der Waals surface area contributed by atoms with Crippen molar-refractivity contribution >= 4 is 17.7 Å². The number of hydrogen-bond acceptors (Lipinski definition) is 3. The van der Waals surface area contributed by atoms with Gasteiger partial charge in [-0.2, -0.15) is 0 Å². The van der Waals surface area contributed by atoms with Crippen LogP contribution >= 0.6 is 0 Å². The zero-order valence-corrected chi connectivity index (χ0v) is 16.0. The van der Waals surface area contributed by atoms with E-state index in [1.807, 2.05) is 4.90 Å². The lowest BCUT2D eigenvalue weighted by Crippen LogP contribution is -2.60. The fraction of sp³-hybridized carbons (Fsp3) is 0.857. The Morgan fingerprint density at radius 1 is 1.00 bits per heavy atom. The van der Waals surface area contributed by atoms with Gasteiger partial charge in [-0.15, -0.1) is 0 Å². The average Bonchev–Trinajstić information content (AvgIpc) is 3.34. The Balaban J connectivity index is 1.08. The van der Waals surface area contributed by atoms with Crippen LogP contribution in [0, 0.1) is 23.7 Å². The molecule has 0 radical (unpaired) electrons. The predicted molar refractivity (Wildman–Crippen MR) is 99.5 cm³/mol. The fourth-order valence-electron chi connectivity index (χ4n) is 6.75. The second kappa shape index (κ2) is 6.49. The van der Waals surface area contributed by atoms with E-state index in [1.165, 1.54) is 19.3 Å². The quantitative estimate of drug-likeness (QED) is 0.694. The standard InChI is InChI=1S/C21H31N3O3/c25-18(22-11-16-6-20(27)24(12-16)17-1-2-17)7-19(26)23-21-8-13-3-14(9-21)5-15(4-13)10-21/h13-17H,1-12H2,(H,22,25)(H,23,26). The van der Waals surface area contributed by atoms with E-state index in [4.69, 9.17) is 0 Å². The second-order valence-electron chi connectivity index (χ2n) is 10.1. The Labute approximate surface area is 160 Å². The molecule has 2 N–H and O–H groups in total. The Hall–Kier alpha value is -1.59. The van der Waals surface area contributed by atoms with Crippen LogP contribution in [0.25, 0.3) is 0 Å². The molecule has 4 bridgehead atoms. The van der Waals surface area contributed by atoms with Crippen LogP contribution in [0.1, 0.15) is 64.2 Å². The van der Waals surface area contributed by atoms with Gasteiger partial charge in [0, 0.05) is 37.0 Å². The fourth-order valence-corrected chi connectivity index (χ4v) is 6.75. The lowest BCUT2D eigenvalue weighted by molar-refractivity contribution is -0.133. The SMILES string of the molecule is O=C(CC(=O)NC12CC3CC(CC(C3)C1)C2)NCC1CC(=O)N(C2CC2)C1. The second-order valence-corrected chi connectivity index (χ2v) is 10.1. The molecule has 6 aliphatic rings. The van der Waals surface area contributed by atoms with Crippen LogP contribution in [0.5, 0.6) is 0 Å². The highest BCUT2D eigenvalue weighted by atomic mass is 16.2. The number of carbonyl (C=O) groups is 3. The van der Waals surface area contributed by atoms with Crippen LogP contribution in [0.4, 0.5) is 0 Å². The van der Waals surface area contributed by atoms with Gasteiger partial charge < -0.3 is 15.5 Å². The van der Waals surface area contributed by atoms with Gasteiger partial charge in [0.25, 0.3) is 0 Å². The Kier molecular flexibility index (Phi) is 4.21. The summed E-state index contributed by atoms with van der Waals surface area (Å²) >= 11 is 0. The van der Waals surface area contributed by atoms with E-state index in [1.54, 1.807) is 0 Å². The molecular formula is C21H31N3O3. The van der Waals surface area contributed by atoms with Gasteiger partial charge in [0.1, 0.15) is 6.42 Å². The average molecular weight is 373 g/mol. The number of likely N-dealkylation sites (tertiary alicyclic amines) is 1. The zero-order chi connectivity index (χ0) is 18.6. The first kappa shape index (κ1) is 17.5. The summed E-state index contributed by atoms with van der Waals surface area (Å²) in [4.78, 5) is 38.7. The maximum absolute atomic E-state index is 12.5. The third-order valence-electron chi connectivity index (χ3n) is 7.58. The van der Waals surface area contributed by atoms with Crippen molar-refractivity contribution < 1.29 is 14.4 Å². The first-order chi connectivity index (χ1) is 13.0.